The maximum atomic E-state index is 12.5. The van der Waals surface area contributed by atoms with Gasteiger partial charge in [0.25, 0.3) is 0 Å². The third-order valence-electron chi connectivity index (χ3n) is 3.02. The number of hydrogen-bond donors (Lipinski definition) is 2. The van der Waals surface area contributed by atoms with Crippen LogP contribution in [0.1, 0.15) is 19.4 Å². The van der Waals surface area contributed by atoms with Gasteiger partial charge >= 0.3 is 0 Å². The van der Waals surface area contributed by atoms with E-state index >= 15 is 0 Å². The first-order valence-electron chi connectivity index (χ1n) is 6.35. The lowest BCUT2D eigenvalue weighted by molar-refractivity contribution is 0.463. The summed E-state index contributed by atoms with van der Waals surface area (Å²) in [4.78, 5) is 4.43. The number of pyridine rings is 1. The maximum Gasteiger partial charge on any atom is 0.243 e. The summed E-state index contributed by atoms with van der Waals surface area (Å²) < 4.78 is 27.6. The van der Waals surface area contributed by atoms with Gasteiger partial charge in [-0.15, -0.1) is 0 Å². The molecule has 0 saturated carbocycles. The number of aromatic nitrogens is 1. The Morgan fingerprint density at radius 1 is 1.35 bits per heavy atom. The van der Waals surface area contributed by atoms with Crippen LogP contribution in [0.3, 0.4) is 0 Å². The number of nitrogens with one attached hydrogen (secondary N) is 1. The maximum absolute atomic E-state index is 12.5. The van der Waals surface area contributed by atoms with Crippen LogP contribution in [0.2, 0.25) is 0 Å². The van der Waals surface area contributed by atoms with E-state index in [1.165, 1.54) is 0 Å². The molecule has 0 atom stereocenters. The molecule has 20 heavy (non-hydrogen) atoms. The average Bonchev–Trinajstić information content (AvgIpc) is 2.36. The minimum Gasteiger partial charge on any atom is -0.329 e. The molecule has 0 aliphatic carbocycles. The van der Waals surface area contributed by atoms with Gasteiger partial charge in [0, 0.05) is 23.7 Å². The van der Waals surface area contributed by atoms with Crippen molar-refractivity contribution in [1.29, 1.82) is 0 Å². The van der Waals surface area contributed by atoms with Crippen LogP contribution in [0.4, 0.5) is 0 Å². The zero-order valence-corrected chi connectivity index (χ0v) is 12.7. The molecule has 0 unspecified atom stereocenters. The number of aryl methyl sites for hydroxylation is 1. The van der Waals surface area contributed by atoms with Gasteiger partial charge in [-0.1, -0.05) is 12.1 Å². The molecule has 5 nitrogen and oxygen atoms in total. The second-order valence-corrected chi connectivity index (χ2v) is 7.18. The fraction of sp³-hybridized carbons (Fsp3) is 0.357. The molecule has 108 valence electrons. The van der Waals surface area contributed by atoms with Crippen molar-refractivity contribution >= 4 is 20.9 Å². The smallest absolute Gasteiger partial charge is 0.243 e. The summed E-state index contributed by atoms with van der Waals surface area (Å²) in [5.74, 6) is 0. The summed E-state index contributed by atoms with van der Waals surface area (Å²) in [6.45, 7) is 5.62. The predicted molar refractivity (Wildman–Crippen MR) is 79.9 cm³/mol. The number of hydrogen-bond acceptors (Lipinski definition) is 4. The molecule has 0 saturated heterocycles. The fourth-order valence-electron chi connectivity index (χ4n) is 1.92. The van der Waals surface area contributed by atoms with Crippen molar-refractivity contribution in [2.24, 2.45) is 5.73 Å². The van der Waals surface area contributed by atoms with Crippen LogP contribution in [-0.2, 0) is 10.0 Å². The zero-order valence-electron chi connectivity index (χ0n) is 11.8. The number of nitrogens with two attached hydrogens (primary N) is 1. The molecule has 0 amide bonds. The Kier molecular flexibility index (Phi) is 3.82. The van der Waals surface area contributed by atoms with Gasteiger partial charge in [0.15, 0.2) is 0 Å². The second-order valence-electron chi connectivity index (χ2n) is 5.53. The Balaban J connectivity index is 2.58. The monoisotopic (exact) mass is 293 g/mol. The van der Waals surface area contributed by atoms with Gasteiger partial charge in [-0.3, -0.25) is 4.98 Å². The van der Waals surface area contributed by atoms with Gasteiger partial charge < -0.3 is 5.73 Å². The van der Waals surface area contributed by atoms with E-state index in [4.69, 9.17) is 5.73 Å². The molecule has 0 fully saturated rings. The second kappa shape index (κ2) is 5.12. The number of fused-ring (bicyclic) bond motifs is 1. The number of benzene rings is 1. The molecule has 1 aromatic carbocycles. The van der Waals surface area contributed by atoms with Crippen LogP contribution in [0.5, 0.6) is 0 Å². The third kappa shape index (κ3) is 2.98. The van der Waals surface area contributed by atoms with Crippen molar-refractivity contribution < 1.29 is 8.42 Å². The molecule has 1 heterocycles. The summed E-state index contributed by atoms with van der Waals surface area (Å²) in [7, 11) is -3.66. The first kappa shape index (κ1) is 14.9. The summed E-state index contributed by atoms with van der Waals surface area (Å²) in [5.41, 5.74) is 6.34. The topological polar surface area (TPSA) is 85.1 Å². The van der Waals surface area contributed by atoms with Crippen LogP contribution in [0.25, 0.3) is 10.9 Å². The summed E-state index contributed by atoms with van der Waals surface area (Å²) in [6, 6.07) is 7.03. The molecule has 0 aliphatic heterocycles. The van der Waals surface area contributed by atoms with E-state index in [0.29, 0.717) is 5.52 Å². The van der Waals surface area contributed by atoms with E-state index in [-0.39, 0.29) is 11.4 Å². The van der Waals surface area contributed by atoms with Crippen LogP contribution in [0, 0.1) is 6.92 Å². The van der Waals surface area contributed by atoms with Crippen molar-refractivity contribution in [3.05, 3.63) is 36.0 Å². The van der Waals surface area contributed by atoms with E-state index in [1.54, 1.807) is 32.2 Å². The SMILES string of the molecule is Cc1cnc2c(S(=O)(=O)NC(C)(C)CN)cccc2c1. The first-order valence-corrected chi connectivity index (χ1v) is 7.83. The molecule has 0 spiro atoms. The highest BCUT2D eigenvalue weighted by Crippen LogP contribution is 2.22. The minimum atomic E-state index is -3.66. The molecule has 0 aliphatic rings. The Morgan fingerprint density at radius 3 is 2.70 bits per heavy atom. The Hall–Kier alpha value is -1.50. The lowest BCUT2D eigenvalue weighted by Gasteiger charge is -2.24. The lowest BCUT2D eigenvalue weighted by Crippen LogP contribution is -2.48. The Bertz CT molecular complexity index is 739. The predicted octanol–water partition coefficient (Wildman–Crippen LogP) is 1.56. The van der Waals surface area contributed by atoms with Crippen molar-refractivity contribution in [2.45, 2.75) is 31.2 Å². The Labute approximate surface area is 119 Å². The standard InChI is InChI=1S/C14H19N3O2S/c1-10-7-11-5-4-6-12(13(11)16-8-10)20(18,19)17-14(2,3)9-15/h4-8,17H,9,15H2,1-3H3. The number of nitrogens with zero attached hydrogens (tertiary/aromatic N) is 1. The van der Waals surface area contributed by atoms with E-state index in [2.05, 4.69) is 9.71 Å². The highest BCUT2D eigenvalue weighted by Gasteiger charge is 2.26. The van der Waals surface area contributed by atoms with Crippen molar-refractivity contribution in [3.63, 3.8) is 0 Å². The van der Waals surface area contributed by atoms with Crippen molar-refractivity contribution in [2.75, 3.05) is 6.54 Å². The van der Waals surface area contributed by atoms with Crippen molar-refractivity contribution in [1.82, 2.24) is 9.71 Å². The molecular formula is C14H19N3O2S. The fourth-order valence-corrected chi connectivity index (χ4v) is 3.52. The van der Waals surface area contributed by atoms with E-state index in [9.17, 15) is 8.42 Å². The first-order chi connectivity index (χ1) is 9.25. The molecule has 0 radical (unpaired) electrons. The van der Waals surface area contributed by atoms with Crippen LogP contribution in [0.15, 0.2) is 35.4 Å². The van der Waals surface area contributed by atoms with Crippen molar-refractivity contribution in [3.8, 4) is 0 Å². The number of sulfonamides is 1. The molecule has 3 N–H and O–H groups in total. The number of rotatable bonds is 4. The molecule has 0 bridgehead atoms. The summed E-state index contributed by atoms with van der Waals surface area (Å²) in [5, 5.41) is 0.804. The lowest BCUT2D eigenvalue weighted by atomic mass is 10.1. The average molecular weight is 293 g/mol. The van der Waals surface area contributed by atoms with E-state index < -0.39 is 15.6 Å². The Morgan fingerprint density at radius 2 is 2.05 bits per heavy atom. The normalized spacial score (nSPS) is 12.8. The molecule has 1 aromatic heterocycles. The molecule has 2 aromatic rings. The van der Waals surface area contributed by atoms with Gasteiger partial charge in [0.05, 0.1) is 5.52 Å². The largest absolute Gasteiger partial charge is 0.329 e. The third-order valence-corrected chi connectivity index (χ3v) is 4.75. The number of para-hydroxylation sites is 1. The zero-order chi connectivity index (χ0) is 15.0. The van der Waals surface area contributed by atoms with Gasteiger partial charge in [-0.2, -0.15) is 0 Å². The molecule has 6 heteroatoms. The molecular weight excluding hydrogens is 274 g/mol. The quantitative estimate of drug-likeness (QED) is 0.896. The highest BCUT2D eigenvalue weighted by molar-refractivity contribution is 7.89. The minimum absolute atomic E-state index is 0.177. The summed E-state index contributed by atoms with van der Waals surface area (Å²) in [6.07, 6.45) is 1.66. The van der Waals surface area contributed by atoms with E-state index in [0.717, 1.165) is 10.9 Å². The van der Waals surface area contributed by atoms with Gasteiger partial charge in [-0.05, 0) is 38.5 Å². The molecule has 2 rings (SSSR count). The van der Waals surface area contributed by atoms with Gasteiger partial charge in [0.2, 0.25) is 10.0 Å². The highest BCUT2D eigenvalue weighted by atomic mass is 32.2. The van der Waals surface area contributed by atoms with Crippen LogP contribution < -0.4 is 10.5 Å². The van der Waals surface area contributed by atoms with Gasteiger partial charge in [0.1, 0.15) is 4.90 Å². The van der Waals surface area contributed by atoms with Gasteiger partial charge in [-0.25, -0.2) is 13.1 Å². The van der Waals surface area contributed by atoms with Crippen LogP contribution >= 0.6 is 0 Å². The summed E-state index contributed by atoms with van der Waals surface area (Å²) >= 11 is 0. The van der Waals surface area contributed by atoms with E-state index in [1.807, 2.05) is 19.1 Å². The van der Waals surface area contributed by atoms with Crippen LogP contribution in [-0.4, -0.2) is 25.5 Å².